The van der Waals surface area contributed by atoms with Crippen molar-refractivity contribution in [3.8, 4) is 5.69 Å². The van der Waals surface area contributed by atoms with E-state index in [-0.39, 0.29) is 16.5 Å². The highest BCUT2D eigenvalue weighted by molar-refractivity contribution is 7.92. The minimum Gasteiger partial charge on any atom is -0.283 e. The Labute approximate surface area is 165 Å². The van der Waals surface area contributed by atoms with E-state index in [0.29, 0.717) is 16.9 Å². The summed E-state index contributed by atoms with van der Waals surface area (Å²) in [5, 5.41) is 0. The molecule has 0 unspecified atom stereocenters. The molecule has 1 aromatic heterocycles. The Morgan fingerprint density at radius 3 is 2.25 bits per heavy atom. The summed E-state index contributed by atoms with van der Waals surface area (Å²) in [6.07, 6.45) is 0. The van der Waals surface area contributed by atoms with Gasteiger partial charge in [-0.15, -0.1) is 0 Å². The maximum atomic E-state index is 13.1. The topological polar surface area (TPSA) is 73.1 Å². The van der Waals surface area contributed by atoms with Gasteiger partial charge >= 0.3 is 0 Å². The molecule has 0 bridgehead atoms. The van der Waals surface area contributed by atoms with Gasteiger partial charge in [0, 0.05) is 7.05 Å². The fourth-order valence-electron chi connectivity index (χ4n) is 3.14. The summed E-state index contributed by atoms with van der Waals surface area (Å²) in [6.45, 7) is 7.48. The van der Waals surface area contributed by atoms with Crippen molar-refractivity contribution in [2.45, 2.75) is 38.5 Å². The van der Waals surface area contributed by atoms with Gasteiger partial charge in [-0.05, 0) is 49.1 Å². The standard InChI is InChI=1S/C21H25N3O3S/c1-14(2)17-12-11-15(3)19(13-17)28(26,27)22-20-16(4)23(5)24(21(20)25)18-9-7-6-8-10-18/h6-14,22H,1-5H3. The summed E-state index contributed by atoms with van der Waals surface area (Å²) in [6, 6.07) is 14.5. The second-order valence-electron chi connectivity index (χ2n) is 7.22. The number of aryl methyl sites for hydroxylation is 1. The maximum Gasteiger partial charge on any atom is 0.296 e. The van der Waals surface area contributed by atoms with Crippen LogP contribution in [0.4, 0.5) is 5.69 Å². The predicted molar refractivity (Wildman–Crippen MR) is 112 cm³/mol. The van der Waals surface area contributed by atoms with Crippen LogP contribution in [0, 0.1) is 13.8 Å². The molecule has 0 aliphatic heterocycles. The molecule has 3 aromatic rings. The van der Waals surface area contributed by atoms with Crippen LogP contribution >= 0.6 is 0 Å². The van der Waals surface area contributed by atoms with Crippen LogP contribution in [-0.4, -0.2) is 17.8 Å². The molecule has 0 aliphatic rings. The Balaban J connectivity index is 2.10. The van der Waals surface area contributed by atoms with E-state index in [2.05, 4.69) is 4.72 Å². The predicted octanol–water partition coefficient (Wildman–Crippen LogP) is 3.72. The number of rotatable bonds is 5. The monoisotopic (exact) mass is 399 g/mol. The van der Waals surface area contributed by atoms with Crippen LogP contribution in [0.1, 0.15) is 36.6 Å². The lowest BCUT2D eigenvalue weighted by Gasteiger charge is -2.13. The largest absolute Gasteiger partial charge is 0.296 e. The van der Waals surface area contributed by atoms with Gasteiger partial charge in [-0.25, -0.2) is 13.1 Å². The van der Waals surface area contributed by atoms with Crippen LogP contribution in [-0.2, 0) is 17.1 Å². The Hall–Kier alpha value is -2.80. The van der Waals surface area contributed by atoms with Crippen LogP contribution in [0.25, 0.3) is 5.69 Å². The fourth-order valence-corrected chi connectivity index (χ4v) is 4.54. The SMILES string of the molecule is Cc1ccc(C(C)C)cc1S(=O)(=O)Nc1c(C)n(C)n(-c2ccccc2)c1=O. The van der Waals surface area contributed by atoms with E-state index >= 15 is 0 Å². The highest BCUT2D eigenvalue weighted by Crippen LogP contribution is 2.25. The van der Waals surface area contributed by atoms with Gasteiger partial charge in [0.15, 0.2) is 0 Å². The highest BCUT2D eigenvalue weighted by atomic mass is 32.2. The van der Waals surface area contributed by atoms with Crippen molar-refractivity contribution >= 4 is 15.7 Å². The molecule has 0 aliphatic carbocycles. The molecule has 0 saturated heterocycles. The minimum atomic E-state index is -3.91. The summed E-state index contributed by atoms with van der Waals surface area (Å²) < 4.78 is 31.8. The third-order valence-electron chi connectivity index (χ3n) is 4.96. The first-order valence-corrected chi connectivity index (χ1v) is 10.6. The van der Waals surface area contributed by atoms with Crippen molar-refractivity contribution in [2.75, 3.05) is 4.72 Å². The van der Waals surface area contributed by atoms with E-state index in [1.54, 1.807) is 49.8 Å². The molecule has 0 fully saturated rings. The summed E-state index contributed by atoms with van der Waals surface area (Å²) >= 11 is 0. The molecular formula is C21H25N3O3S. The Bertz CT molecular complexity index is 1170. The van der Waals surface area contributed by atoms with Crippen LogP contribution in [0.5, 0.6) is 0 Å². The molecule has 148 valence electrons. The number of benzene rings is 2. The van der Waals surface area contributed by atoms with E-state index in [0.717, 1.165) is 5.56 Å². The zero-order valence-electron chi connectivity index (χ0n) is 16.7. The van der Waals surface area contributed by atoms with Gasteiger partial charge in [-0.3, -0.25) is 14.2 Å². The molecule has 0 amide bonds. The van der Waals surface area contributed by atoms with E-state index in [1.807, 2.05) is 38.1 Å². The minimum absolute atomic E-state index is 0.0562. The lowest BCUT2D eigenvalue weighted by atomic mass is 10.0. The zero-order valence-corrected chi connectivity index (χ0v) is 17.5. The third kappa shape index (κ3) is 3.49. The van der Waals surface area contributed by atoms with E-state index in [4.69, 9.17) is 0 Å². The van der Waals surface area contributed by atoms with Gasteiger partial charge in [-0.2, -0.15) is 0 Å². The molecule has 1 heterocycles. The molecule has 3 rings (SSSR count). The number of aromatic nitrogens is 2. The number of nitrogens with one attached hydrogen (secondary N) is 1. The normalized spacial score (nSPS) is 11.8. The molecule has 2 aromatic carbocycles. The number of anilines is 1. The van der Waals surface area contributed by atoms with Gasteiger partial charge in [0.25, 0.3) is 15.6 Å². The second-order valence-corrected chi connectivity index (χ2v) is 8.87. The van der Waals surface area contributed by atoms with E-state index in [9.17, 15) is 13.2 Å². The van der Waals surface area contributed by atoms with Crippen LogP contribution in [0.15, 0.2) is 58.2 Å². The van der Waals surface area contributed by atoms with Crippen LogP contribution in [0.2, 0.25) is 0 Å². The van der Waals surface area contributed by atoms with Crippen molar-refractivity contribution in [2.24, 2.45) is 7.05 Å². The lowest BCUT2D eigenvalue weighted by molar-refractivity contribution is 0.600. The molecule has 0 spiro atoms. The van der Waals surface area contributed by atoms with Crippen molar-refractivity contribution in [3.63, 3.8) is 0 Å². The number of hydrogen-bond donors (Lipinski definition) is 1. The fraction of sp³-hybridized carbons (Fsp3) is 0.286. The number of sulfonamides is 1. The summed E-state index contributed by atoms with van der Waals surface area (Å²) in [4.78, 5) is 13.2. The first-order valence-electron chi connectivity index (χ1n) is 9.11. The highest BCUT2D eigenvalue weighted by Gasteiger charge is 2.24. The molecule has 28 heavy (non-hydrogen) atoms. The van der Waals surface area contributed by atoms with Gasteiger partial charge in [0.05, 0.1) is 16.3 Å². The van der Waals surface area contributed by atoms with Gasteiger partial charge in [-0.1, -0.05) is 44.2 Å². The first kappa shape index (κ1) is 19.9. The Morgan fingerprint density at radius 2 is 1.64 bits per heavy atom. The molecule has 6 nitrogen and oxygen atoms in total. The second kappa shape index (κ2) is 7.31. The van der Waals surface area contributed by atoms with Crippen LogP contribution < -0.4 is 10.3 Å². The van der Waals surface area contributed by atoms with Gasteiger partial charge in [0.2, 0.25) is 0 Å². The van der Waals surface area contributed by atoms with Crippen molar-refractivity contribution in [3.05, 3.63) is 75.7 Å². The average molecular weight is 400 g/mol. The molecule has 1 N–H and O–H groups in total. The number of hydrogen-bond acceptors (Lipinski definition) is 3. The summed E-state index contributed by atoms with van der Waals surface area (Å²) in [7, 11) is -2.18. The molecule has 7 heteroatoms. The number of nitrogens with zero attached hydrogens (tertiary/aromatic N) is 2. The quantitative estimate of drug-likeness (QED) is 0.711. The Morgan fingerprint density at radius 1 is 1.00 bits per heavy atom. The Kier molecular flexibility index (Phi) is 5.21. The first-order chi connectivity index (χ1) is 13.1. The average Bonchev–Trinajstić information content (AvgIpc) is 2.85. The third-order valence-corrected chi connectivity index (χ3v) is 6.45. The molecular weight excluding hydrogens is 374 g/mol. The zero-order chi connectivity index (χ0) is 20.6. The van der Waals surface area contributed by atoms with E-state index < -0.39 is 15.6 Å². The summed E-state index contributed by atoms with van der Waals surface area (Å²) in [5.74, 6) is 0.198. The molecule has 0 saturated carbocycles. The molecule has 0 radical (unpaired) electrons. The van der Waals surface area contributed by atoms with Crippen LogP contribution in [0.3, 0.4) is 0 Å². The maximum absolute atomic E-state index is 13.1. The van der Waals surface area contributed by atoms with Crippen molar-refractivity contribution in [1.29, 1.82) is 0 Å². The smallest absolute Gasteiger partial charge is 0.283 e. The van der Waals surface area contributed by atoms with Gasteiger partial charge < -0.3 is 0 Å². The van der Waals surface area contributed by atoms with Gasteiger partial charge in [0.1, 0.15) is 5.69 Å². The summed E-state index contributed by atoms with van der Waals surface area (Å²) in [5.41, 5.74) is 2.41. The lowest BCUT2D eigenvalue weighted by Crippen LogP contribution is -2.23. The van der Waals surface area contributed by atoms with Crippen molar-refractivity contribution in [1.82, 2.24) is 9.36 Å². The molecule has 0 atom stereocenters. The van der Waals surface area contributed by atoms with Crippen molar-refractivity contribution < 1.29 is 8.42 Å². The van der Waals surface area contributed by atoms with E-state index in [1.165, 1.54) is 4.68 Å². The number of para-hydroxylation sites is 1.